The van der Waals surface area contributed by atoms with Crippen molar-refractivity contribution in [3.63, 3.8) is 0 Å². The molecule has 2 nitrogen and oxygen atoms in total. The molecular weight excluding hydrogens is 136 g/mol. The summed E-state index contributed by atoms with van der Waals surface area (Å²) in [7, 11) is 2.16. The lowest BCUT2D eigenvalue weighted by molar-refractivity contribution is 0.311. The highest BCUT2D eigenvalue weighted by Gasteiger charge is 2.03. The molecule has 0 bridgehead atoms. The van der Waals surface area contributed by atoms with Crippen molar-refractivity contribution in [2.24, 2.45) is 11.7 Å². The van der Waals surface area contributed by atoms with E-state index >= 15 is 0 Å². The van der Waals surface area contributed by atoms with Crippen LogP contribution < -0.4 is 5.73 Å². The third-order valence-corrected chi connectivity index (χ3v) is 2.37. The van der Waals surface area contributed by atoms with Crippen molar-refractivity contribution in [3.8, 4) is 0 Å². The standard InChI is InChI=1S/C9H22N2/c1-4-9(8-10)6-7-11(3)5-2/h9H,4-8,10H2,1-3H3. The molecule has 0 spiro atoms. The number of rotatable bonds is 6. The fraction of sp³-hybridized carbons (Fsp3) is 1.00. The van der Waals surface area contributed by atoms with Gasteiger partial charge in [0.1, 0.15) is 0 Å². The maximum Gasteiger partial charge on any atom is -0.00188 e. The van der Waals surface area contributed by atoms with Crippen LogP contribution in [-0.4, -0.2) is 31.6 Å². The average Bonchev–Trinajstić information content (AvgIpc) is 2.06. The molecule has 0 saturated carbocycles. The lowest BCUT2D eigenvalue weighted by atomic mass is 10.0. The van der Waals surface area contributed by atoms with Gasteiger partial charge in [-0.25, -0.2) is 0 Å². The van der Waals surface area contributed by atoms with Gasteiger partial charge in [0.05, 0.1) is 0 Å². The van der Waals surface area contributed by atoms with E-state index < -0.39 is 0 Å². The molecule has 0 aliphatic rings. The van der Waals surface area contributed by atoms with Crippen molar-refractivity contribution in [1.82, 2.24) is 4.90 Å². The van der Waals surface area contributed by atoms with Gasteiger partial charge in [-0.15, -0.1) is 0 Å². The van der Waals surface area contributed by atoms with Crippen LogP contribution in [0.2, 0.25) is 0 Å². The number of hydrogen-bond acceptors (Lipinski definition) is 2. The molecule has 0 rings (SSSR count). The predicted octanol–water partition coefficient (Wildman–Crippen LogP) is 1.31. The lowest BCUT2D eigenvalue weighted by Gasteiger charge is -2.17. The molecule has 0 radical (unpaired) electrons. The Kier molecular flexibility index (Phi) is 6.57. The molecule has 0 fully saturated rings. The van der Waals surface area contributed by atoms with Crippen molar-refractivity contribution in [2.45, 2.75) is 26.7 Å². The average molecular weight is 158 g/mol. The fourth-order valence-corrected chi connectivity index (χ4v) is 1.05. The molecule has 0 aromatic heterocycles. The molecule has 0 aromatic carbocycles. The van der Waals surface area contributed by atoms with Crippen LogP contribution in [-0.2, 0) is 0 Å². The molecule has 0 aliphatic carbocycles. The summed E-state index contributed by atoms with van der Waals surface area (Å²) in [6.07, 6.45) is 2.46. The van der Waals surface area contributed by atoms with E-state index in [4.69, 9.17) is 5.73 Å². The number of nitrogens with zero attached hydrogens (tertiary/aromatic N) is 1. The maximum absolute atomic E-state index is 5.59. The number of nitrogens with two attached hydrogens (primary N) is 1. The minimum Gasteiger partial charge on any atom is -0.330 e. The van der Waals surface area contributed by atoms with E-state index in [-0.39, 0.29) is 0 Å². The van der Waals surface area contributed by atoms with Gasteiger partial charge in [-0.05, 0) is 39.0 Å². The van der Waals surface area contributed by atoms with Gasteiger partial charge in [0.2, 0.25) is 0 Å². The Morgan fingerprint density at radius 3 is 2.36 bits per heavy atom. The van der Waals surface area contributed by atoms with Gasteiger partial charge in [-0.3, -0.25) is 0 Å². The summed E-state index contributed by atoms with van der Waals surface area (Å²) in [5.41, 5.74) is 5.59. The summed E-state index contributed by atoms with van der Waals surface area (Å²) in [5.74, 6) is 0.726. The quantitative estimate of drug-likeness (QED) is 0.631. The molecule has 0 saturated heterocycles. The van der Waals surface area contributed by atoms with Crippen LogP contribution in [0.5, 0.6) is 0 Å². The highest BCUT2D eigenvalue weighted by Crippen LogP contribution is 2.05. The van der Waals surface area contributed by atoms with Crippen LogP contribution >= 0.6 is 0 Å². The van der Waals surface area contributed by atoms with E-state index in [1.165, 1.54) is 19.4 Å². The van der Waals surface area contributed by atoms with E-state index in [0.29, 0.717) is 0 Å². The fourth-order valence-electron chi connectivity index (χ4n) is 1.05. The second-order valence-corrected chi connectivity index (χ2v) is 3.19. The van der Waals surface area contributed by atoms with Crippen LogP contribution in [0, 0.1) is 5.92 Å². The second kappa shape index (κ2) is 6.62. The number of hydrogen-bond donors (Lipinski definition) is 1. The smallest absolute Gasteiger partial charge is 0.00188 e. The molecule has 1 atom stereocenters. The van der Waals surface area contributed by atoms with Gasteiger partial charge >= 0.3 is 0 Å². The normalized spacial score (nSPS) is 13.9. The van der Waals surface area contributed by atoms with Crippen molar-refractivity contribution in [3.05, 3.63) is 0 Å². The van der Waals surface area contributed by atoms with Crippen LogP contribution in [0.25, 0.3) is 0 Å². The van der Waals surface area contributed by atoms with E-state index in [1.807, 2.05) is 0 Å². The minimum atomic E-state index is 0.726. The zero-order chi connectivity index (χ0) is 8.69. The van der Waals surface area contributed by atoms with Crippen LogP contribution in [0.15, 0.2) is 0 Å². The first kappa shape index (κ1) is 10.9. The largest absolute Gasteiger partial charge is 0.330 e. The third-order valence-electron chi connectivity index (χ3n) is 2.37. The summed E-state index contributed by atoms with van der Waals surface area (Å²) in [5, 5.41) is 0. The Hall–Kier alpha value is -0.0800. The Balaban J connectivity index is 3.34. The van der Waals surface area contributed by atoms with Crippen molar-refractivity contribution < 1.29 is 0 Å². The van der Waals surface area contributed by atoms with Crippen LogP contribution in [0.4, 0.5) is 0 Å². The van der Waals surface area contributed by atoms with E-state index in [9.17, 15) is 0 Å². The molecular formula is C9H22N2. The SMILES string of the molecule is CCC(CN)CCN(C)CC. The zero-order valence-corrected chi connectivity index (χ0v) is 8.14. The zero-order valence-electron chi connectivity index (χ0n) is 8.14. The van der Waals surface area contributed by atoms with Gasteiger partial charge in [-0.1, -0.05) is 20.3 Å². The first-order chi connectivity index (χ1) is 5.24. The first-order valence-corrected chi connectivity index (χ1v) is 4.63. The minimum absolute atomic E-state index is 0.726. The molecule has 0 heterocycles. The Morgan fingerprint density at radius 2 is 2.00 bits per heavy atom. The van der Waals surface area contributed by atoms with E-state index in [2.05, 4.69) is 25.8 Å². The summed E-state index contributed by atoms with van der Waals surface area (Å²) >= 11 is 0. The Morgan fingerprint density at radius 1 is 1.36 bits per heavy atom. The van der Waals surface area contributed by atoms with Crippen LogP contribution in [0.3, 0.4) is 0 Å². The molecule has 1 unspecified atom stereocenters. The molecule has 11 heavy (non-hydrogen) atoms. The second-order valence-electron chi connectivity index (χ2n) is 3.19. The predicted molar refractivity (Wildman–Crippen MR) is 50.6 cm³/mol. The van der Waals surface area contributed by atoms with Crippen LogP contribution in [0.1, 0.15) is 26.7 Å². The van der Waals surface area contributed by atoms with Gasteiger partial charge in [-0.2, -0.15) is 0 Å². The molecule has 0 aromatic rings. The first-order valence-electron chi connectivity index (χ1n) is 4.63. The van der Waals surface area contributed by atoms with Gasteiger partial charge < -0.3 is 10.6 Å². The van der Waals surface area contributed by atoms with Crippen molar-refractivity contribution in [1.29, 1.82) is 0 Å². The van der Waals surface area contributed by atoms with Gasteiger partial charge in [0.15, 0.2) is 0 Å². The molecule has 0 aliphatic heterocycles. The highest BCUT2D eigenvalue weighted by molar-refractivity contribution is 4.59. The molecule has 2 heteroatoms. The maximum atomic E-state index is 5.59. The van der Waals surface area contributed by atoms with Crippen molar-refractivity contribution >= 4 is 0 Å². The molecule has 2 N–H and O–H groups in total. The summed E-state index contributed by atoms with van der Waals surface area (Å²) in [4.78, 5) is 2.33. The third kappa shape index (κ3) is 5.22. The lowest BCUT2D eigenvalue weighted by Crippen LogP contribution is -2.23. The molecule has 0 amide bonds. The summed E-state index contributed by atoms with van der Waals surface area (Å²) in [6.45, 7) is 7.56. The molecule has 68 valence electrons. The highest BCUT2D eigenvalue weighted by atomic mass is 15.1. The van der Waals surface area contributed by atoms with E-state index in [1.54, 1.807) is 0 Å². The van der Waals surface area contributed by atoms with Gasteiger partial charge in [0.25, 0.3) is 0 Å². The topological polar surface area (TPSA) is 29.3 Å². The summed E-state index contributed by atoms with van der Waals surface area (Å²) in [6, 6.07) is 0. The van der Waals surface area contributed by atoms with Crippen molar-refractivity contribution in [2.75, 3.05) is 26.7 Å². The Bertz CT molecular complexity index is 79.6. The summed E-state index contributed by atoms with van der Waals surface area (Å²) < 4.78 is 0. The Labute approximate surface area is 70.8 Å². The monoisotopic (exact) mass is 158 g/mol. The van der Waals surface area contributed by atoms with Gasteiger partial charge in [0, 0.05) is 0 Å². The van der Waals surface area contributed by atoms with E-state index in [0.717, 1.165) is 19.0 Å².